The van der Waals surface area contributed by atoms with E-state index in [0.29, 0.717) is 12.0 Å². The number of nitrogen functional groups attached to an aromatic ring is 1. The lowest BCUT2D eigenvalue weighted by Gasteiger charge is -2.15. The van der Waals surface area contributed by atoms with Crippen LogP contribution in [0.2, 0.25) is 0 Å². The SMILES string of the molecule is CCCC[C@@H](C)Nc1nc(N)nc2cc(C(C)(C)C)sc12. The summed E-state index contributed by atoms with van der Waals surface area (Å²) in [5.74, 6) is 1.22. The van der Waals surface area contributed by atoms with Crippen LogP contribution >= 0.6 is 11.3 Å². The number of nitrogens with two attached hydrogens (primary N) is 1. The van der Waals surface area contributed by atoms with E-state index in [1.165, 1.54) is 17.7 Å². The van der Waals surface area contributed by atoms with Gasteiger partial charge < -0.3 is 11.1 Å². The molecule has 2 aromatic rings. The molecule has 2 rings (SSSR count). The molecular weight excluding hydrogens is 280 g/mol. The van der Waals surface area contributed by atoms with Crippen molar-refractivity contribution in [1.29, 1.82) is 0 Å². The molecule has 21 heavy (non-hydrogen) atoms. The Morgan fingerprint density at radius 3 is 2.67 bits per heavy atom. The largest absolute Gasteiger partial charge is 0.368 e. The fourth-order valence-corrected chi connectivity index (χ4v) is 3.34. The minimum absolute atomic E-state index is 0.116. The van der Waals surface area contributed by atoms with Gasteiger partial charge in [0.1, 0.15) is 5.82 Å². The molecule has 116 valence electrons. The van der Waals surface area contributed by atoms with Gasteiger partial charge in [0.05, 0.1) is 10.2 Å². The maximum atomic E-state index is 5.86. The average molecular weight is 306 g/mol. The molecule has 0 saturated heterocycles. The number of nitrogens with zero attached hydrogens (tertiary/aromatic N) is 2. The van der Waals surface area contributed by atoms with E-state index in [0.717, 1.165) is 22.5 Å². The van der Waals surface area contributed by atoms with Crippen molar-refractivity contribution < 1.29 is 0 Å². The van der Waals surface area contributed by atoms with Crippen LogP contribution in [0.5, 0.6) is 0 Å². The molecule has 0 fully saturated rings. The minimum Gasteiger partial charge on any atom is -0.368 e. The van der Waals surface area contributed by atoms with Gasteiger partial charge >= 0.3 is 0 Å². The number of thiophene rings is 1. The van der Waals surface area contributed by atoms with Crippen LogP contribution in [-0.2, 0) is 5.41 Å². The van der Waals surface area contributed by atoms with Gasteiger partial charge in [-0.05, 0) is 24.8 Å². The van der Waals surface area contributed by atoms with Gasteiger partial charge in [0.15, 0.2) is 0 Å². The van der Waals surface area contributed by atoms with Crippen LogP contribution in [0.4, 0.5) is 11.8 Å². The van der Waals surface area contributed by atoms with Crippen molar-refractivity contribution >= 4 is 33.3 Å². The smallest absolute Gasteiger partial charge is 0.222 e. The maximum absolute atomic E-state index is 5.86. The summed E-state index contributed by atoms with van der Waals surface area (Å²) in [5, 5.41) is 3.50. The third-order valence-electron chi connectivity index (χ3n) is 3.50. The lowest BCUT2D eigenvalue weighted by Crippen LogP contribution is -2.16. The molecule has 4 nitrogen and oxygen atoms in total. The molecule has 0 spiro atoms. The van der Waals surface area contributed by atoms with E-state index >= 15 is 0 Å². The topological polar surface area (TPSA) is 63.8 Å². The van der Waals surface area contributed by atoms with Crippen LogP contribution in [0.25, 0.3) is 10.2 Å². The summed E-state index contributed by atoms with van der Waals surface area (Å²) in [4.78, 5) is 10.1. The van der Waals surface area contributed by atoms with Crippen LogP contribution in [-0.4, -0.2) is 16.0 Å². The van der Waals surface area contributed by atoms with Crippen molar-refractivity contribution in [1.82, 2.24) is 9.97 Å². The first-order valence-electron chi connectivity index (χ1n) is 7.65. The minimum atomic E-state index is 0.116. The quantitative estimate of drug-likeness (QED) is 0.850. The highest BCUT2D eigenvalue weighted by Crippen LogP contribution is 2.37. The molecule has 0 aliphatic carbocycles. The first-order chi connectivity index (χ1) is 9.81. The van der Waals surface area contributed by atoms with Gasteiger partial charge in [-0.15, -0.1) is 11.3 Å². The molecule has 0 amide bonds. The number of unbranched alkanes of at least 4 members (excludes halogenated alkanes) is 1. The number of nitrogens with one attached hydrogen (secondary N) is 1. The second-order valence-electron chi connectivity index (χ2n) is 6.69. The summed E-state index contributed by atoms with van der Waals surface area (Å²) >= 11 is 1.76. The van der Waals surface area contributed by atoms with Crippen molar-refractivity contribution in [2.45, 2.75) is 65.3 Å². The van der Waals surface area contributed by atoms with Gasteiger partial charge in [0.2, 0.25) is 5.95 Å². The predicted octanol–water partition coefficient (Wildman–Crippen LogP) is 4.56. The number of hydrogen-bond acceptors (Lipinski definition) is 5. The van der Waals surface area contributed by atoms with Gasteiger partial charge in [-0.25, -0.2) is 4.98 Å². The van der Waals surface area contributed by atoms with E-state index in [-0.39, 0.29) is 5.41 Å². The zero-order chi connectivity index (χ0) is 15.6. The first-order valence-corrected chi connectivity index (χ1v) is 8.47. The molecular formula is C16H26N4S. The number of fused-ring (bicyclic) bond motifs is 1. The van der Waals surface area contributed by atoms with E-state index in [1.807, 2.05) is 0 Å². The normalized spacial score (nSPS) is 13.6. The Hall–Kier alpha value is -1.36. The van der Waals surface area contributed by atoms with E-state index in [2.05, 4.69) is 56.0 Å². The summed E-state index contributed by atoms with van der Waals surface area (Å²) < 4.78 is 1.11. The van der Waals surface area contributed by atoms with Gasteiger partial charge in [0, 0.05) is 10.9 Å². The molecule has 0 radical (unpaired) electrons. The number of anilines is 2. The molecule has 1 atom stereocenters. The molecule has 0 aromatic carbocycles. The molecule has 3 N–H and O–H groups in total. The van der Waals surface area contributed by atoms with Crippen molar-refractivity contribution in [3.8, 4) is 0 Å². The van der Waals surface area contributed by atoms with Gasteiger partial charge in [-0.2, -0.15) is 4.98 Å². The summed E-state index contributed by atoms with van der Waals surface area (Å²) in [6, 6.07) is 2.53. The maximum Gasteiger partial charge on any atom is 0.222 e. The Bertz CT molecular complexity index is 612. The second-order valence-corrected chi connectivity index (χ2v) is 7.75. The Labute approximate surface area is 131 Å². The summed E-state index contributed by atoms with van der Waals surface area (Å²) in [5.41, 5.74) is 6.92. The first kappa shape index (κ1) is 16.0. The average Bonchev–Trinajstić information content (AvgIpc) is 2.80. The van der Waals surface area contributed by atoms with Crippen molar-refractivity contribution in [2.75, 3.05) is 11.1 Å². The highest BCUT2D eigenvalue weighted by atomic mass is 32.1. The molecule has 0 unspecified atom stereocenters. The molecule has 2 heterocycles. The zero-order valence-corrected chi connectivity index (χ0v) is 14.5. The lowest BCUT2D eigenvalue weighted by molar-refractivity contribution is 0.604. The van der Waals surface area contributed by atoms with Crippen LogP contribution in [0.1, 0.15) is 58.8 Å². The standard InChI is InChI=1S/C16H26N4S/c1-6-7-8-10(2)18-14-13-11(19-15(17)20-14)9-12(21-13)16(3,4)5/h9-10H,6-8H2,1-5H3,(H3,17,18,19,20)/t10-/m1/s1. The highest BCUT2D eigenvalue weighted by Gasteiger charge is 2.20. The van der Waals surface area contributed by atoms with E-state index < -0.39 is 0 Å². The van der Waals surface area contributed by atoms with E-state index in [4.69, 9.17) is 5.73 Å². The fraction of sp³-hybridized carbons (Fsp3) is 0.625. The number of rotatable bonds is 5. The second kappa shape index (κ2) is 6.18. The monoisotopic (exact) mass is 306 g/mol. The lowest BCUT2D eigenvalue weighted by atomic mass is 9.95. The van der Waals surface area contributed by atoms with Crippen LogP contribution in [0.15, 0.2) is 6.07 Å². The van der Waals surface area contributed by atoms with E-state index in [9.17, 15) is 0 Å². The summed E-state index contributed by atoms with van der Waals surface area (Å²) in [6.07, 6.45) is 3.56. The van der Waals surface area contributed by atoms with Crippen LogP contribution in [0, 0.1) is 0 Å². The molecule has 0 saturated carbocycles. The van der Waals surface area contributed by atoms with Crippen molar-refractivity contribution in [3.05, 3.63) is 10.9 Å². The fourth-order valence-electron chi connectivity index (χ4n) is 2.23. The molecule has 2 aromatic heterocycles. The Morgan fingerprint density at radius 1 is 1.33 bits per heavy atom. The molecule has 0 aliphatic heterocycles. The summed E-state index contributed by atoms with van der Waals surface area (Å²) in [7, 11) is 0. The summed E-state index contributed by atoms with van der Waals surface area (Å²) in [6.45, 7) is 11.0. The Kier molecular flexibility index (Phi) is 4.71. The molecule has 0 aliphatic rings. The number of hydrogen-bond donors (Lipinski definition) is 2. The van der Waals surface area contributed by atoms with Gasteiger partial charge in [-0.1, -0.05) is 40.5 Å². The number of aromatic nitrogens is 2. The van der Waals surface area contributed by atoms with Gasteiger partial charge in [-0.3, -0.25) is 0 Å². The Morgan fingerprint density at radius 2 is 2.05 bits per heavy atom. The zero-order valence-electron chi connectivity index (χ0n) is 13.7. The van der Waals surface area contributed by atoms with Crippen molar-refractivity contribution in [2.24, 2.45) is 0 Å². The molecule has 5 heteroatoms. The van der Waals surface area contributed by atoms with Gasteiger partial charge in [0.25, 0.3) is 0 Å². The third kappa shape index (κ3) is 3.84. The Balaban J connectivity index is 2.36. The highest BCUT2D eigenvalue weighted by molar-refractivity contribution is 7.19. The van der Waals surface area contributed by atoms with Crippen molar-refractivity contribution in [3.63, 3.8) is 0 Å². The van der Waals surface area contributed by atoms with Crippen LogP contribution < -0.4 is 11.1 Å². The third-order valence-corrected chi connectivity index (χ3v) is 5.06. The predicted molar refractivity (Wildman–Crippen MR) is 93.1 cm³/mol. The van der Waals surface area contributed by atoms with Crippen LogP contribution in [0.3, 0.4) is 0 Å². The van der Waals surface area contributed by atoms with E-state index in [1.54, 1.807) is 11.3 Å². The molecule has 0 bridgehead atoms.